The third kappa shape index (κ3) is 3.34. The third-order valence-corrected chi connectivity index (χ3v) is 4.98. The number of nitrogens with one attached hydrogen (secondary N) is 2. The maximum atomic E-state index is 12.1. The smallest absolute Gasteiger partial charge is 0.320 e. The first-order valence-corrected chi connectivity index (χ1v) is 7.93. The molecule has 0 aliphatic carbocycles. The van der Waals surface area contributed by atoms with Crippen LogP contribution in [0.5, 0.6) is 0 Å². The molecule has 108 valence electrons. The second-order valence-electron chi connectivity index (χ2n) is 5.15. The molecule has 0 saturated carbocycles. The van der Waals surface area contributed by atoms with Crippen molar-refractivity contribution in [1.29, 1.82) is 0 Å². The van der Waals surface area contributed by atoms with Gasteiger partial charge in [-0.05, 0) is 34.6 Å². The van der Waals surface area contributed by atoms with E-state index in [-0.39, 0.29) is 6.03 Å². The van der Waals surface area contributed by atoms with E-state index in [0.29, 0.717) is 0 Å². The lowest BCUT2D eigenvalue weighted by Gasteiger charge is -2.23. The number of aryl methyl sites for hydroxylation is 3. The highest BCUT2D eigenvalue weighted by Gasteiger charge is 2.26. The number of aromatic nitrogens is 2. The average Bonchev–Trinajstić information content (AvgIpc) is 2.85. The summed E-state index contributed by atoms with van der Waals surface area (Å²) in [5, 5.41) is 10.4. The van der Waals surface area contributed by atoms with Gasteiger partial charge in [-0.25, -0.2) is 14.8 Å². The first-order chi connectivity index (χ1) is 9.28. The molecule has 0 saturated heterocycles. The van der Waals surface area contributed by atoms with Gasteiger partial charge in [0.15, 0.2) is 0 Å². The first-order valence-electron chi connectivity index (χ1n) is 6.24. The molecule has 0 spiro atoms. The lowest BCUT2D eigenvalue weighted by Crippen LogP contribution is -2.43. The average molecular weight is 310 g/mol. The number of nitrogens with zero attached hydrogens (tertiary/aromatic N) is 2. The Labute approximate surface area is 126 Å². The number of thiazole rings is 2. The second-order valence-corrected chi connectivity index (χ2v) is 7.21. The van der Waals surface area contributed by atoms with Crippen LogP contribution in [0.3, 0.4) is 0 Å². The number of carbonyl (C=O) groups is 1. The van der Waals surface area contributed by atoms with Crippen LogP contribution >= 0.6 is 22.7 Å². The summed E-state index contributed by atoms with van der Waals surface area (Å²) in [5.74, 6) is 0. The molecule has 0 atom stereocenters. The van der Waals surface area contributed by atoms with E-state index in [2.05, 4.69) is 20.6 Å². The van der Waals surface area contributed by atoms with E-state index < -0.39 is 5.54 Å². The molecule has 7 heteroatoms. The molecular formula is C13H18N4OS2. The van der Waals surface area contributed by atoms with Crippen LogP contribution in [-0.4, -0.2) is 16.0 Å². The SMILES string of the molecule is Cc1csc(C(C)(C)NC(=O)Nc2sc(C)nc2C)n1. The summed E-state index contributed by atoms with van der Waals surface area (Å²) in [7, 11) is 0. The number of rotatable bonds is 3. The van der Waals surface area contributed by atoms with E-state index in [1.54, 1.807) is 11.3 Å². The Morgan fingerprint density at radius 3 is 2.45 bits per heavy atom. The van der Waals surface area contributed by atoms with Crippen molar-refractivity contribution in [3.63, 3.8) is 0 Å². The maximum Gasteiger partial charge on any atom is 0.320 e. The van der Waals surface area contributed by atoms with Gasteiger partial charge in [0, 0.05) is 11.1 Å². The van der Waals surface area contributed by atoms with Gasteiger partial charge in [-0.3, -0.25) is 5.32 Å². The third-order valence-electron chi connectivity index (χ3n) is 2.71. The monoisotopic (exact) mass is 310 g/mol. The number of hydrogen-bond acceptors (Lipinski definition) is 5. The van der Waals surface area contributed by atoms with Gasteiger partial charge in [0.2, 0.25) is 0 Å². The minimum absolute atomic E-state index is 0.241. The molecule has 5 nitrogen and oxygen atoms in total. The van der Waals surface area contributed by atoms with E-state index in [1.807, 2.05) is 40.0 Å². The summed E-state index contributed by atoms with van der Waals surface area (Å²) >= 11 is 3.02. The van der Waals surface area contributed by atoms with Crippen molar-refractivity contribution in [2.45, 2.75) is 40.2 Å². The Balaban J connectivity index is 2.06. The molecule has 2 heterocycles. The number of hydrogen-bond donors (Lipinski definition) is 2. The Morgan fingerprint density at radius 2 is 1.95 bits per heavy atom. The van der Waals surface area contributed by atoms with Crippen LogP contribution in [0.4, 0.5) is 9.80 Å². The molecule has 2 aromatic heterocycles. The van der Waals surface area contributed by atoms with Crippen LogP contribution in [0.2, 0.25) is 0 Å². The molecular weight excluding hydrogens is 292 g/mol. The fourth-order valence-corrected chi connectivity index (χ4v) is 3.45. The predicted octanol–water partition coefficient (Wildman–Crippen LogP) is 3.58. The first kappa shape index (κ1) is 14.9. The molecule has 20 heavy (non-hydrogen) atoms. The number of carbonyl (C=O) groups excluding carboxylic acids is 1. The molecule has 0 aliphatic heterocycles. The molecule has 2 N–H and O–H groups in total. The van der Waals surface area contributed by atoms with Crippen LogP contribution in [-0.2, 0) is 5.54 Å². The molecule has 2 rings (SSSR count). The highest BCUT2D eigenvalue weighted by molar-refractivity contribution is 7.16. The van der Waals surface area contributed by atoms with Gasteiger partial charge in [0.05, 0.1) is 16.2 Å². The van der Waals surface area contributed by atoms with Crippen molar-refractivity contribution < 1.29 is 4.79 Å². The van der Waals surface area contributed by atoms with E-state index in [9.17, 15) is 4.79 Å². The Morgan fingerprint density at radius 1 is 1.25 bits per heavy atom. The van der Waals surface area contributed by atoms with Gasteiger partial charge >= 0.3 is 6.03 Å². The van der Waals surface area contributed by atoms with Crippen molar-refractivity contribution in [3.8, 4) is 0 Å². The maximum absolute atomic E-state index is 12.1. The molecule has 0 bridgehead atoms. The van der Waals surface area contributed by atoms with Gasteiger partial charge in [0.1, 0.15) is 10.0 Å². The Kier molecular flexibility index (Phi) is 4.10. The van der Waals surface area contributed by atoms with Gasteiger partial charge in [-0.2, -0.15) is 0 Å². The molecule has 0 aliphatic rings. The van der Waals surface area contributed by atoms with Crippen LogP contribution in [0.15, 0.2) is 5.38 Å². The zero-order valence-corrected chi connectivity index (χ0v) is 13.8. The zero-order chi connectivity index (χ0) is 14.9. The van der Waals surface area contributed by atoms with E-state index in [1.165, 1.54) is 11.3 Å². The van der Waals surface area contributed by atoms with E-state index in [0.717, 1.165) is 26.4 Å². The van der Waals surface area contributed by atoms with Gasteiger partial charge < -0.3 is 5.32 Å². The molecule has 0 aromatic carbocycles. The quantitative estimate of drug-likeness (QED) is 0.910. The number of amides is 2. The molecule has 0 radical (unpaired) electrons. The zero-order valence-electron chi connectivity index (χ0n) is 12.2. The lowest BCUT2D eigenvalue weighted by molar-refractivity contribution is 0.242. The molecule has 2 amide bonds. The van der Waals surface area contributed by atoms with Crippen LogP contribution in [0.25, 0.3) is 0 Å². The van der Waals surface area contributed by atoms with Crippen LogP contribution in [0, 0.1) is 20.8 Å². The highest BCUT2D eigenvalue weighted by Crippen LogP contribution is 2.25. The lowest BCUT2D eigenvalue weighted by atomic mass is 10.1. The van der Waals surface area contributed by atoms with Gasteiger partial charge in [-0.1, -0.05) is 0 Å². The standard InChI is InChI=1S/C13H18N4OS2/c1-7-6-19-11(14-7)13(4,5)17-12(18)16-10-8(2)15-9(3)20-10/h6H,1-5H3,(H2,16,17,18). The van der Waals surface area contributed by atoms with E-state index >= 15 is 0 Å². The van der Waals surface area contributed by atoms with Crippen molar-refractivity contribution in [2.75, 3.05) is 5.32 Å². The fourth-order valence-electron chi connectivity index (χ4n) is 1.76. The second kappa shape index (κ2) is 5.49. The summed E-state index contributed by atoms with van der Waals surface area (Å²) in [5.41, 5.74) is 1.30. The van der Waals surface area contributed by atoms with E-state index in [4.69, 9.17) is 0 Å². The minimum Gasteiger partial charge on any atom is -0.326 e. The Bertz CT molecular complexity index is 630. The summed E-state index contributed by atoms with van der Waals surface area (Å²) in [6, 6.07) is -0.241. The summed E-state index contributed by atoms with van der Waals surface area (Å²) < 4.78 is 0. The van der Waals surface area contributed by atoms with Crippen LogP contribution < -0.4 is 10.6 Å². The summed E-state index contributed by atoms with van der Waals surface area (Å²) in [6.07, 6.45) is 0. The van der Waals surface area contributed by atoms with Gasteiger partial charge in [0.25, 0.3) is 0 Å². The van der Waals surface area contributed by atoms with Crippen molar-refractivity contribution in [2.24, 2.45) is 0 Å². The molecule has 0 fully saturated rings. The normalized spacial score (nSPS) is 11.4. The number of anilines is 1. The molecule has 2 aromatic rings. The van der Waals surface area contributed by atoms with Crippen molar-refractivity contribution >= 4 is 33.7 Å². The minimum atomic E-state index is -0.503. The van der Waals surface area contributed by atoms with Crippen molar-refractivity contribution in [3.05, 3.63) is 26.8 Å². The topological polar surface area (TPSA) is 66.9 Å². The Hall–Kier alpha value is -1.47. The highest BCUT2D eigenvalue weighted by atomic mass is 32.1. The summed E-state index contributed by atoms with van der Waals surface area (Å²) in [4.78, 5) is 20.8. The number of urea groups is 1. The van der Waals surface area contributed by atoms with Crippen molar-refractivity contribution in [1.82, 2.24) is 15.3 Å². The molecule has 0 unspecified atom stereocenters. The largest absolute Gasteiger partial charge is 0.326 e. The summed E-state index contributed by atoms with van der Waals surface area (Å²) in [6.45, 7) is 9.63. The van der Waals surface area contributed by atoms with Crippen LogP contribution in [0.1, 0.15) is 35.3 Å². The predicted molar refractivity (Wildman–Crippen MR) is 83.6 cm³/mol. The fraction of sp³-hybridized carbons (Fsp3) is 0.462. The van der Waals surface area contributed by atoms with Gasteiger partial charge in [-0.15, -0.1) is 22.7 Å².